The van der Waals surface area contributed by atoms with Gasteiger partial charge < -0.3 is 24.8 Å². The average molecular weight is 358 g/mol. The highest BCUT2D eigenvalue weighted by molar-refractivity contribution is 5.89. The summed E-state index contributed by atoms with van der Waals surface area (Å²) in [7, 11) is 4.80. The third-order valence-corrected chi connectivity index (χ3v) is 4.18. The summed E-state index contributed by atoms with van der Waals surface area (Å²) in [6.07, 6.45) is 0. The molecule has 0 bridgehead atoms. The Kier molecular flexibility index (Phi) is 6.33. The molecule has 0 fully saturated rings. The van der Waals surface area contributed by atoms with Gasteiger partial charge in [0.05, 0.1) is 21.3 Å². The molecule has 2 rings (SSSR count). The Balaban J connectivity index is 2.01. The maximum Gasteiger partial charge on any atom is 0.319 e. The minimum atomic E-state index is -0.286. The highest BCUT2D eigenvalue weighted by atomic mass is 16.5. The Labute approximate surface area is 154 Å². The quantitative estimate of drug-likeness (QED) is 0.790. The molecule has 0 aliphatic rings. The number of rotatable bonds is 7. The van der Waals surface area contributed by atoms with Gasteiger partial charge in [0.15, 0.2) is 11.5 Å². The molecule has 0 aliphatic carbocycles. The topological polar surface area (TPSA) is 68.8 Å². The molecule has 140 valence electrons. The first kappa shape index (κ1) is 19.4. The summed E-state index contributed by atoms with van der Waals surface area (Å²) in [6, 6.07) is 12.7. The van der Waals surface area contributed by atoms with Gasteiger partial charge in [-0.2, -0.15) is 0 Å². The fourth-order valence-corrected chi connectivity index (χ4v) is 2.54. The SMILES string of the molecule is COc1cccc(NC(=O)NCC(C)(C)c2ccc(OC)c(OC)c2)c1. The van der Waals surface area contributed by atoms with E-state index in [9.17, 15) is 4.79 Å². The smallest absolute Gasteiger partial charge is 0.319 e. The maximum atomic E-state index is 12.2. The summed E-state index contributed by atoms with van der Waals surface area (Å²) < 4.78 is 15.8. The molecule has 0 atom stereocenters. The van der Waals surface area contributed by atoms with Gasteiger partial charge in [-0.15, -0.1) is 0 Å². The molecular formula is C20H26N2O4. The van der Waals surface area contributed by atoms with E-state index in [0.29, 0.717) is 29.5 Å². The lowest BCUT2D eigenvalue weighted by molar-refractivity contribution is 0.249. The van der Waals surface area contributed by atoms with E-state index in [-0.39, 0.29) is 11.4 Å². The molecule has 6 nitrogen and oxygen atoms in total. The van der Waals surface area contributed by atoms with Crippen LogP contribution in [0.25, 0.3) is 0 Å². The molecule has 0 radical (unpaired) electrons. The van der Waals surface area contributed by atoms with E-state index in [1.165, 1.54) is 0 Å². The van der Waals surface area contributed by atoms with Crippen molar-refractivity contribution in [3.8, 4) is 17.2 Å². The number of amides is 2. The Morgan fingerprint density at radius 1 is 0.962 bits per heavy atom. The van der Waals surface area contributed by atoms with Crippen molar-refractivity contribution in [3.05, 3.63) is 48.0 Å². The maximum absolute atomic E-state index is 12.2. The first-order valence-corrected chi connectivity index (χ1v) is 8.31. The van der Waals surface area contributed by atoms with Gasteiger partial charge in [-0.05, 0) is 29.8 Å². The van der Waals surface area contributed by atoms with E-state index in [2.05, 4.69) is 24.5 Å². The number of anilines is 1. The largest absolute Gasteiger partial charge is 0.497 e. The van der Waals surface area contributed by atoms with Crippen molar-refractivity contribution in [2.24, 2.45) is 0 Å². The standard InChI is InChI=1S/C20H26N2O4/c1-20(2,14-9-10-17(25-4)18(11-14)26-5)13-21-19(23)22-15-7-6-8-16(12-15)24-3/h6-12H,13H2,1-5H3,(H2,21,22,23). The van der Waals surface area contributed by atoms with Crippen LogP contribution >= 0.6 is 0 Å². The molecule has 0 spiro atoms. The zero-order valence-electron chi connectivity index (χ0n) is 15.9. The summed E-state index contributed by atoms with van der Waals surface area (Å²) in [5.41, 5.74) is 1.42. The highest BCUT2D eigenvalue weighted by Gasteiger charge is 2.23. The van der Waals surface area contributed by atoms with Crippen molar-refractivity contribution >= 4 is 11.7 Å². The molecule has 2 aromatic rings. The van der Waals surface area contributed by atoms with E-state index < -0.39 is 0 Å². The van der Waals surface area contributed by atoms with Crippen LogP contribution in [-0.4, -0.2) is 33.9 Å². The van der Waals surface area contributed by atoms with Crippen LogP contribution in [0.3, 0.4) is 0 Å². The molecular weight excluding hydrogens is 332 g/mol. The number of benzene rings is 2. The number of methoxy groups -OCH3 is 3. The van der Waals surface area contributed by atoms with Crippen molar-refractivity contribution in [2.45, 2.75) is 19.3 Å². The Hall–Kier alpha value is -2.89. The predicted octanol–water partition coefficient (Wildman–Crippen LogP) is 3.81. The molecule has 2 amide bonds. The lowest BCUT2D eigenvalue weighted by Crippen LogP contribution is -2.39. The van der Waals surface area contributed by atoms with Crippen LogP contribution < -0.4 is 24.8 Å². The number of hydrogen-bond donors (Lipinski definition) is 2. The second-order valence-corrected chi connectivity index (χ2v) is 6.49. The lowest BCUT2D eigenvalue weighted by atomic mass is 9.84. The van der Waals surface area contributed by atoms with Crippen LogP contribution in [-0.2, 0) is 5.41 Å². The fraction of sp³-hybridized carbons (Fsp3) is 0.350. The Bertz CT molecular complexity index is 759. The van der Waals surface area contributed by atoms with Gasteiger partial charge in [0.2, 0.25) is 0 Å². The third-order valence-electron chi connectivity index (χ3n) is 4.18. The zero-order valence-corrected chi connectivity index (χ0v) is 15.9. The van der Waals surface area contributed by atoms with Crippen LogP contribution in [0.15, 0.2) is 42.5 Å². The molecule has 2 aromatic carbocycles. The molecule has 26 heavy (non-hydrogen) atoms. The van der Waals surface area contributed by atoms with Crippen molar-refractivity contribution in [3.63, 3.8) is 0 Å². The van der Waals surface area contributed by atoms with E-state index in [0.717, 1.165) is 5.56 Å². The van der Waals surface area contributed by atoms with E-state index in [4.69, 9.17) is 14.2 Å². The first-order chi connectivity index (χ1) is 12.4. The van der Waals surface area contributed by atoms with Gasteiger partial charge in [0, 0.05) is 23.7 Å². The van der Waals surface area contributed by atoms with Crippen LogP contribution in [0.5, 0.6) is 17.2 Å². The molecule has 0 aromatic heterocycles. The van der Waals surface area contributed by atoms with Crippen LogP contribution in [0, 0.1) is 0 Å². The number of hydrogen-bond acceptors (Lipinski definition) is 4. The summed E-state index contributed by atoms with van der Waals surface area (Å²) >= 11 is 0. The minimum Gasteiger partial charge on any atom is -0.497 e. The van der Waals surface area contributed by atoms with E-state index in [1.807, 2.05) is 36.4 Å². The van der Waals surface area contributed by atoms with Gasteiger partial charge in [-0.25, -0.2) is 4.79 Å². The monoisotopic (exact) mass is 358 g/mol. The van der Waals surface area contributed by atoms with Crippen molar-refractivity contribution in [1.29, 1.82) is 0 Å². The molecule has 0 unspecified atom stereocenters. The number of ether oxygens (including phenoxy) is 3. The molecule has 0 saturated heterocycles. The number of carbonyl (C=O) groups excluding carboxylic acids is 1. The van der Waals surface area contributed by atoms with Crippen LogP contribution in [0.1, 0.15) is 19.4 Å². The summed E-state index contributed by atoms with van der Waals surface area (Å²) in [4.78, 5) is 12.2. The highest BCUT2D eigenvalue weighted by Crippen LogP contribution is 2.32. The summed E-state index contributed by atoms with van der Waals surface area (Å²) in [5, 5.41) is 5.72. The second-order valence-electron chi connectivity index (χ2n) is 6.49. The first-order valence-electron chi connectivity index (χ1n) is 8.31. The Morgan fingerprint density at radius 2 is 1.69 bits per heavy atom. The van der Waals surface area contributed by atoms with Gasteiger partial charge in [-0.1, -0.05) is 26.0 Å². The molecule has 2 N–H and O–H groups in total. The second kappa shape index (κ2) is 8.47. The minimum absolute atomic E-state index is 0.271. The molecule has 0 saturated carbocycles. The molecule has 0 heterocycles. The average Bonchev–Trinajstić information content (AvgIpc) is 2.66. The van der Waals surface area contributed by atoms with Crippen LogP contribution in [0.2, 0.25) is 0 Å². The van der Waals surface area contributed by atoms with Gasteiger partial charge >= 0.3 is 6.03 Å². The number of urea groups is 1. The van der Waals surface area contributed by atoms with E-state index in [1.54, 1.807) is 27.4 Å². The van der Waals surface area contributed by atoms with Crippen molar-refractivity contribution in [2.75, 3.05) is 33.2 Å². The zero-order chi connectivity index (χ0) is 19.2. The van der Waals surface area contributed by atoms with E-state index >= 15 is 0 Å². The normalized spacial score (nSPS) is 10.8. The van der Waals surface area contributed by atoms with Gasteiger partial charge in [-0.3, -0.25) is 0 Å². The van der Waals surface area contributed by atoms with Crippen LogP contribution in [0.4, 0.5) is 10.5 Å². The Morgan fingerprint density at radius 3 is 2.35 bits per heavy atom. The van der Waals surface area contributed by atoms with Crippen molar-refractivity contribution in [1.82, 2.24) is 5.32 Å². The number of nitrogens with one attached hydrogen (secondary N) is 2. The van der Waals surface area contributed by atoms with Gasteiger partial charge in [0.25, 0.3) is 0 Å². The molecule has 6 heteroatoms. The molecule has 0 aliphatic heterocycles. The third kappa shape index (κ3) is 4.81. The number of carbonyl (C=O) groups is 1. The van der Waals surface area contributed by atoms with Crippen molar-refractivity contribution < 1.29 is 19.0 Å². The lowest BCUT2D eigenvalue weighted by Gasteiger charge is -2.26. The van der Waals surface area contributed by atoms with Gasteiger partial charge in [0.1, 0.15) is 5.75 Å². The summed E-state index contributed by atoms with van der Waals surface area (Å²) in [6.45, 7) is 4.57. The fourth-order valence-electron chi connectivity index (χ4n) is 2.54. The summed E-state index contributed by atoms with van der Waals surface area (Å²) in [5.74, 6) is 2.03. The predicted molar refractivity (Wildman–Crippen MR) is 103 cm³/mol.